The summed E-state index contributed by atoms with van der Waals surface area (Å²) in [5, 5.41) is 4.47. The number of nitrogens with one attached hydrogen (secondary N) is 1. The van der Waals surface area contributed by atoms with E-state index in [4.69, 9.17) is 21.1 Å². The quantitative estimate of drug-likeness (QED) is 0.404. The zero-order valence-corrected chi connectivity index (χ0v) is 17.9. The molecule has 1 heterocycles. The number of hydrazone groups is 1. The number of hydrogen-bond acceptors (Lipinski definition) is 4. The highest BCUT2D eigenvalue weighted by molar-refractivity contribution is 6.32. The van der Waals surface area contributed by atoms with Gasteiger partial charge in [-0.25, -0.2) is 5.43 Å². The van der Waals surface area contributed by atoms with Gasteiger partial charge in [0.15, 0.2) is 11.5 Å². The molecule has 0 aliphatic rings. The van der Waals surface area contributed by atoms with Gasteiger partial charge in [0.05, 0.1) is 24.5 Å². The Labute approximate surface area is 181 Å². The first-order valence-electron chi connectivity index (χ1n) is 9.62. The summed E-state index contributed by atoms with van der Waals surface area (Å²) in [6, 6.07) is 14.6. The third-order valence-corrected chi connectivity index (χ3v) is 4.82. The number of halogens is 1. The predicted octanol–water partition coefficient (Wildman–Crippen LogP) is 5.08. The summed E-state index contributed by atoms with van der Waals surface area (Å²) >= 11 is 6.36. The molecule has 1 N–H and O–H groups in total. The van der Waals surface area contributed by atoms with Gasteiger partial charge >= 0.3 is 0 Å². The number of amides is 1. The Bertz CT molecular complexity index is 1030. The van der Waals surface area contributed by atoms with Crippen molar-refractivity contribution in [3.63, 3.8) is 0 Å². The van der Waals surface area contributed by atoms with Crippen LogP contribution < -0.4 is 14.9 Å². The average molecular weight is 426 g/mol. The summed E-state index contributed by atoms with van der Waals surface area (Å²) in [6.45, 7) is 3.99. The number of methoxy groups -OCH3 is 1. The van der Waals surface area contributed by atoms with E-state index in [9.17, 15) is 4.79 Å². The standard InChI is InChI=1S/C23H24ClN3O3/c1-4-16(2)30-22-20(24)12-17(13-21(22)29-3)15-25-26-23(28)18-8-7-9-19(14-18)27-10-5-6-11-27/h5-16H,4H2,1-3H3,(H,26,28)/b25-15+/t16-/m0/s1. The first kappa shape index (κ1) is 21.5. The topological polar surface area (TPSA) is 64.8 Å². The SMILES string of the molecule is CC[C@H](C)Oc1c(Cl)cc(/C=N/NC(=O)c2cccc(-n3cccc3)c2)cc1OC. The molecule has 6 nitrogen and oxygen atoms in total. The number of benzene rings is 2. The Morgan fingerprint density at radius 3 is 2.70 bits per heavy atom. The van der Waals surface area contributed by atoms with Crippen molar-refractivity contribution in [3.8, 4) is 17.2 Å². The minimum absolute atomic E-state index is 0.0116. The Morgan fingerprint density at radius 2 is 2.00 bits per heavy atom. The highest BCUT2D eigenvalue weighted by Gasteiger charge is 2.14. The lowest BCUT2D eigenvalue weighted by Crippen LogP contribution is -2.17. The van der Waals surface area contributed by atoms with Crippen molar-refractivity contribution in [1.29, 1.82) is 0 Å². The first-order valence-corrected chi connectivity index (χ1v) is 10.0. The molecule has 0 bridgehead atoms. The number of hydrogen-bond donors (Lipinski definition) is 1. The molecule has 1 amide bonds. The van der Waals surface area contributed by atoms with E-state index >= 15 is 0 Å². The Balaban J connectivity index is 1.71. The smallest absolute Gasteiger partial charge is 0.271 e. The van der Waals surface area contributed by atoms with Gasteiger partial charge in [-0.2, -0.15) is 5.10 Å². The van der Waals surface area contributed by atoms with Crippen molar-refractivity contribution in [3.05, 3.63) is 77.1 Å². The van der Waals surface area contributed by atoms with Crippen LogP contribution in [-0.2, 0) is 0 Å². The van der Waals surface area contributed by atoms with Crippen LogP contribution in [0.15, 0.2) is 66.0 Å². The molecule has 0 saturated heterocycles. The van der Waals surface area contributed by atoms with Crippen LogP contribution in [0.2, 0.25) is 5.02 Å². The molecule has 7 heteroatoms. The molecule has 0 spiro atoms. The fourth-order valence-electron chi connectivity index (χ4n) is 2.76. The summed E-state index contributed by atoms with van der Waals surface area (Å²) < 4.78 is 13.2. The molecule has 156 valence electrons. The number of rotatable bonds is 8. The summed E-state index contributed by atoms with van der Waals surface area (Å²) in [5.74, 6) is 0.696. The zero-order chi connectivity index (χ0) is 21.5. The van der Waals surface area contributed by atoms with Crippen molar-refractivity contribution >= 4 is 23.7 Å². The Hall–Kier alpha value is -3.25. The fourth-order valence-corrected chi connectivity index (χ4v) is 3.02. The Kier molecular flexibility index (Phi) is 7.14. The molecule has 30 heavy (non-hydrogen) atoms. The molecular formula is C23H24ClN3O3. The fraction of sp³-hybridized carbons (Fsp3) is 0.217. The zero-order valence-electron chi connectivity index (χ0n) is 17.1. The summed E-state index contributed by atoms with van der Waals surface area (Å²) in [5.41, 5.74) is 4.61. The lowest BCUT2D eigenvalue weighted by molar-refractivity contribution is 0.0955. The molecule has 3 rings (SSSR count). The number of nitrogens with zero attached hydrogens (tertiary/aromatic N) is 2. The van der Waals surface area contributed by atoms with E-state index in [1.165, 1.54) is 6.21 Å². The minimum Gasteiger partial charge on any atom is -0.493 e. The molecule has 0 radical (unpaired) electrons. The monoisotopic (exact) mass is 425 g/mol. The highest BCUT2D eigenvalue weighted by Crippen LogP contribution is 2.37. The molecule has 0 aliphatic carbocycles. The van der Waals surface area contributed by atoms with E-state index in [0.29, 0.717) is 27.6 Å². The third kappa shape index (κ3) is 5.21. The average Bonchev–Trinajstić information content (AvgIpc) is 3.30. The van der Waals surface area contributed by atoms with Crippen LogP contribution in [0.5, 0.6) is 11.5 Å². The number of carbonyl (C=O) groups is 1. The minimum atomic E-state index is -0.310. The van der Waals surface area contributed by atoms with E-state index in [0.717, 1.165) is 12.1 Å². The van der Waals surface area contributed by atoms with Crippen LogP contribution in [-0.4, -0.2) is 29.9 Å². The van der Waals surface area contributed by atoms with Crippen molar-refractivity contribution < 1.29 is 14.3 Å². The van der Waals surface area contributed by atoms with Gasteiger partial charge < -0.3 is 14.0 Å². The molecule has 1 atom stereocenters. The molecule has 3 aromatic rings. The van der Waals surface area contributed by atoms with Crippen molar-refractivity contribution in [2.45, 2.75) is 26.4 Å². The Morgan fingerprint density at radius 1 is 1.23 bits per heavy atom. The van der Waals surface area contributed by atoms with Gasteiger partial charge in [0.25, 0.3) is 5.91 Å². The van der Waals surface area contributed by atoms with Crippen molar-refractivity contribution in [2.24, 2.45) is 5.10 Å². The number of carbonyl (C=O) groups excluding carboxylic acids is 1. The number of ether oxygens (including phenoxy) is 2. The second-order valence-corrected chi connectivity index (χ2v) is 7.12. The van der Waals surface area contributed by atoms with Gasteiger partial charge in [0, 0.05) is 23.6 Å². The predicted molar refractivity (Wildman–Crippen MR) is 119 cm³/mol. The van der Waals surface area contributed by atoms with Gasteiger partial charge in [-0.15, -0.1) is 0 Å². The van der Waals surface area contributed by atoms with E-state index in [-0.39, 0.29) is 12.0 Å². The van der Waals surface area contributed by atoms with Crippen molar-refractivity contribution in [2.75, 3.05) is 7.11 Å². The highest BCUT2D eigenvalue weighted by atomic mass is 35.5. The number of aromatic nitrogens is 1. The third-order valence-electron chi connectivity index (χ3n) is 4.54. The van der Waals surface area contributed by atoms with Crippen LogP contribution in [0.25, 0.3) is 5.69 Å². The second-order valence-electron chi connectivity index (χ2n) is 6.71. The lowest BCUT2D eigenvalue weighted by Gasteiger charge is -2.17. The van der Waals surface area contributed by atoms with Crippen LogP contribution in [0, 0.1) is 0 Å². The molecule has 0 unspecified atom stereocenters. The molecular weight excluding hydrogens is 402 g/mol. The largest absolute Gasteiger partial charge is 0.493 e. The molecule has 0 aliphatic heterocycles. The van der Waals surface area contributed by atoms with Gasteiger partial charge in [0.2, 0.25) is 0 Å². The van der Waals surface area contributed by atoms with Crippen LogP contribution >= 0.6 is 11.6 Å². The van der Waals surface area contributed by atoms with Crippen LogP contribution in [0.3, 0.4) is 0 Å². The normalized spacial score (nSPS) is 12.0. The van der Waals surface area contributed by atoms with E-state index < -0.39 is 0 Å². The summed E-state index contributed by atoms with van der Waals surface area (Å²) in [4.78, 5) is 12.5. The molecule has 0 saturated carbocycles. The maximum atomic E-state index is 12.5. The van der Waals surface area contributed by atoms with Gasteiger partial charge in [-0.05, 0) is 61.4 Å². The lowest BCUT2D eigenvalue weighted by atomic mass is 10.2. The maximum Gasteiger partial charge on any atom is 0.271 e. The molecule has 0 fully saturated rings. The summed E-state index contributed by atoms with van der Waals surface area (Å²) in [7, 11) is 1.55. The van der Waals surface area contributed by atoms with Crippen LogP contribution in [0.4, 0.5) is 0 Å². The maximum absolute atomic E-state index is 12.5. The van der Waals surface area contributed by atoms with Crippen molar-refractivity contribution in [1.82, 2.24) is 9.99 Å². The summed E-state index contributed by atoms with van der Waals surface area (Å²) in [6.07, 6.45) is 6.20. The first-order chi connectivity index (χ1) is 14.5. The van der Waals surface area contributed by atoms with E-state index in [1.54, 1.807) is 31.4 Å². The molecule has 2 aromatic carbocycles. The second kappa shape index (κ2) is 9.98. The van der Waals surface area contributed by atoms with Gasteiger partial charge in [0.1, 0.15) is 0 Å². The van der Waals surface area contributed by atoms with Crippen LogP contribution in [0.1, 0.15) is 36.2 Å². The molecule has 1 aromatic heterocycles. The van der Waals surface area contributed by atoms with E-state index in [1.807, 2.05) is 55.1 Å². The van der Waals surface area contributed by atoms with E-state index in [2.05, 4.69) is 10.5 Å². The van der Waals surface area contributed by atoms with Gasteiger partial charge in [-0.3, -0.25) is 4.79 Å². The van der Waals surface area contributed by atoms with Gasteiger partial charge in [-0.1, -0.05) is 24.6 Å².